The van der Waals surface area contributed by atoms with Gasteiger partial charge in [0.25, 0.3) is 0 Å². The van der Waals surface area contributed by atoms with Gasteiger partial charge in [-0.3, -0.25) is 4.79 Å². The van der Waals surface area contributed by atoms with Gasteiger partial charge >= 0.3 is 5.97 Å². The first kappa shape index (κ1) is 11.5. The van der Waals surface area contributed by atoms with Gasteiger partial charge in [0.05, 0.1) is 19.9 Å². The summed E-state index contributed by atoms with van der Waals surface area (Å²) in [4.78, 5) is 15.5. The molecule has 0 saturated carbocycles. The predicted molar refractivity (Wildman–Crippen MR) is 54.6 cm³/mol. The number of hydrogen-bond acceptors (Lipinski definition) is 5. The fraction of sp³-hybridized carbons (Fsp3) is 0.400. The van der Waals surface area contributed by atoms with Gasteiger partial charge in [-0.2, -0.15) is 0 Å². The summed E-state index contributed by atoms with van der Waals surface area (Å²) in [6.45, 7) is 0.160. The first-order chi connectivity index (χ1) is 7.22. The Balaban J connectivity index is 2.96. The Morgan fingerprint density at radius 3 is 2.80 bits per heavy atom. The molecule has 0 fully saturated rings. The van der Waals surface area contributed by atoms with Gasteiger partial charge in [0.2, 0.25) is 5.88 Å². The zero-order valence-corrected chi connectivity index (χ0v) is 8.77. The number of esters is 1. The highest BCUT2D eigenvalue weighted by molar-refractivity contribution is 5.77. The number of carbonyl (C=O) groups excluding carboxylic acids is 1. The number of carbonyl (C=O) groups is 1. The van der Waals surface area contributed by atoms with E-state index in [2.05, 4.69) is 9.72 Å². The number of aromatic nitrogens is 1. The van der Waals surface area contributed by atoms with Gasteiger partial charge in [-0.05, 0) is 6.07 Å². The Bertz CT molecular complexity index is 341. The van der Waals surface area contributed by atoms with Crippen LogP contribution in [0.25, 0.3) is 0 Å². The fourth-order valence-corrected chi connectivity index (χ4v) is 1.22. The zero-order chi connectivity index (χ0) is 11.3. The normalized spacial score (nSPS) is 11.9. The maximum atomic E-state index is 11.4. The van der Waals surface area contributed by atoms with Crippen molar-refractivity contribution in [2.75, 3.05) is 20.8 Å². The minimum Gasteiger partial charge on any atom is -0.481 e. The van der Waals surface area contributed by atoms with Crippen LogP contribution in [0.2, 0.25) is 0 Å². The molecule has 0 aliphatic carbocycles. The highest BCUT2D eigenvalue weighted by Crippen LogP contribution is 2.16. The lowest BCUT2D eigenvalue weighted by atomic mass is 10.1. The number of nitrogens with two attached hydrogens (primary N) is 1. The Labute approximate surface area is 88.2 Å². The summed E-state index contributed by atoms with van der Waals surface area (Å²) < 4.78 is 9.59. The van der Waals surface area contributed by atoms with Crippen molar-refractivity contribution in [2.24, 2.45) is 5.73 Å². The lowest BCUT2D eigenvalue weighted by Crippen LogP contribution is -2.23. The Morgan fingerprint density at radius 2 is 2.27 bits per heavy atom. The maximum Gasteiger partial charge on any atom is 0.316 e. The molecule has 2 N–H and O–H groups in total. The van der Waals surface area contributed by atoms with Crippen molar-refractivity contribution in [3.8, 4) is 5.88 Å². The molecule has 0 bridgehead atoms. The van der Waals surface area contributed by atoms with E-state index in [4.69, 9.17) is 10.5 Å². The second-order valence-corrected chi connectivity index (χ2v) is 2.92. The highest BCUT2D eigenvalue weighted by Gasteiger charge is 2.21. The minimum absolute atomic E-state index is 0.160. The molecule has 0 saturated heterocycles. The quantitative estimate of drug-likeness (QED) is 0.724. The fourth-order valence-electron chi connectivity index (χ4n) is 1.22. The van der Waals surface area contributed by atoms with Crippen molar-refractivity contribution in [2.45, 2.75) is 5.92 Å². The molecule has 1 rings (SSSR count). The Kier molecular flexibility index (Phi) is 4.05. The number of pyridine rings is 1. The molecular formula is C10H14N2O3. The van der Waals surface area contributed by atoms with Gasteiger partial charge < -0.3 is 15.2 Å². The van der Waals surface area contributed by atoms with Gasteiger partial charge in [-0.1, -0.05) is 6.07 Å². The van der Waals surface area contributed by atoms with E-state index in [-0.39, 0.29) is 6.54 Å². The first-order valence-corrected chi connectivity index (χ1v) is 4.51. The van der Waals surface area contributed by atoms with Crippen LogP contribution in [0, 0.1) is 0 Å². The van der Waals surface area contributed by atoms with Gasteiger partial charge in [-0.15, -0.1) is 0 Å². The summed E-state index contributed by atoms with van der Waals surface area (Å²) in [5, 5.41) is 0. The van der Waals surface area contributed by atoms with E-state index in [0.29, 0.717) is 11.6 Å². The number of methoxy groups -OCH3 is 2. The van der Waals surface area contributed by atoms with Crippen LogP contribution in [0.3, 0.4) is 0 Å². The third-order valence-corrected chi connectivity index (χ3v) is 2.03. The van der Waals surface area contributed by atoms with Crippen molar-refractivity contribution in [1.82, 2.24) is 4.98 Å². The monoisotopic (exact) mass is 210 g/mol. The van der Waals surface area contributed by atoms with Gasteiger partial charge in [-0.25, -0.2) is 4.98 Å². The SMILES string of the molecule is COC(=O)C(CN)c1cccc(OC)n1. The van der Waals surface area contributed by atoms with E-state index in [1.807, 2.05) is 0 Å². The Morgan fingerprint density at radius 1 is 1.53 bits per heavy atom. The molecule has 15 heavy (non-hydrogen) atoms. The molecule has 5 heteroatoms. The molecule has 0 aromatic carbocycles. The summed E-state index contributed by atoms with van der Waals surface area (Å²) in [6.07, 6.45) is 0. The molecule has 1 heterocycles. The van der Waals surface area contributed by atoms with Crippen LogP contribution in [0.4, 0.5) is 0 Å². The van der Waals surface area contributed by atoms with E-state index in [9.17, 15) is 4.79 Å². The molecule has 0 radical (unpaired) electrons. The van der Waals surface area contributed by atoms with Crippen LogP contribution < -0.4 is 10.5 Å². The maximum absolute atomic E-state index is 11.4. The second-order valence-electron chi connectivity index (χ2n) is 2.92. The molecule has 0 aliphatic rings. The lowest BCUT2D eigenvalue weighted by molar-refractivity contribution is -0.142. The van der Waals surface area contributed by atoms with Gasteiger partial charge in [0.1, 0.15) is 5.92 Å². The van der Waals surface area contributed by atoms with Crippen LogP contribution in [-0.4, -0.2) is 31.7 Å². The van der Waals surface area contributed by atoms with Crippen LogP contribution in [0.15, 0.2) is 18.2 Å². The van der Waals surface area contributed by atoms with Crippen molar-refractivity contribution < 1.29 is 14.3 Å². The van der Waals surface area contributed by atoms with Crippen molar-refractivity contribution >= 4 is 5.97 Å². The molecule has 0 spiro atoms. The van der Waals surface area contributed by atoms with Crippen molar-refractivity contribution in [3.63, 3.8) is 0 Å². The van der Waals surface area contributed by atoms with E-state index in [0.717, 1.165) is 0 Å². The number of ether oxygens (including phenoxy) is 2. The summed E-state index contributed by atoms with van der Waals surface area (Å²) in [5.74, 6) is -0.474. The average molecular weight is 210 g/mol. The summed E-state index contributed by atoms with van der Waals surface area (Å²) in [6, 6.07) is 5.18. The topological polar surface area (TPSA) is 74.4 Å². The molecule has 0 aliphatic heterocycles. The summed E-state index contributed by atoms with van der Waals surface area (Å²) in [5.41, 5.74) is 6.05. The van der Waals surface area contributed by atoms with Crippen molar-refractivity contribution in [3.05, 3.63) is 23.9 Å². The van der Waals surface area contributed by atoms with Crippen LogP contribution >= 0.6 is 0 Å². The van der Waals surface area contributed by atoms with Crippen molar-refractivity contribution in [1.29, 1.82) is 0 Å². The standard InChI is InChI=1S/C10H14N2O3/c1-14-9-5-3-4-8(12-9)7(6-11)10(13)15-2/h3-5,7H,6,11H2,1-2H3. The second kappa shape index (κ2) is 5.31. The van der Waals surface area contributed by atoms with E-state index in [1.54, 1.807) is 18.2 Å². The molecule has 0 amide bonds. The van der Waals surface area contributed by atoms with Crippen LogP contribution in [0.1, 0.15) is 11.6 Å². The number of nitrogens with zero attached hydrogens (tertiary/aromatic N) is 1. The van der Waals surface area contributed by atoms with E-state index >= 15 is 0 Å². The molecule has 1 atom stereocenters. The molecule has 1 aromatic heterocycles. The summed E-state index contributed by atoms with van der Waals surface area (Å²) >= 11 is 0. The highest BCUT2D eigenvalue weighted by atomic mass is 16.5. The summed E-state index contributed by atoms with van der Waals surface area (Å²) in [7, 11) is 2.84. The third kappa shape index (κ3) is 2.66. The minimum atomic E-state index is -0.537. The van der Waals surface area contributed by atoms with Crippen LogP contribution in [-0.2, 0) is 9.53 Å². The smallest absolute Gasteiger partial charge is 0.316 e. The van der Waals surface area contributed by atoms with E-state index in [1.165, 1.54) is 14.2 Å². The predicted octanol–water partition coefficient (Wildman–Crippen LogP) is 0.305. The molecule has 1 unspecified atom stereocenters. The molecule has 1 aromatic rings. The number of hydrogen-bond donors (Lipinski definition) is 1. The first-order valence-electron chi connectivity index (χ1n) is 4.51. The van der Waals surface area contributed by atoms with Crippen LogP contribution in [0.5, 0.6) is 5.88 Å². The molecule has 5 nitrogen and oxygen atoms in total. The largest absolute Gasteiger partial charge is 0.481 e. The zero-order valence-electron chi connectivity index (χ0n) is 8.77. The lowest BCUT2D eigenvalue weighted by Gasteiger charge is -2.12. The average Bonchev–Trinajstić information content (AvgIpc) is 2.30. The Hall–Kier alpha value is -1.62. The van der Waals surface area contributed by atoms with Gasteiger partial charge in [0, 0.05) is 12.6 Å². The molecule has 82 valence electrons. The van der Waals surface area contributed by atoms with E-state index < -0.39 is 11.9 Å². The molecular weight excluding hydrogens is 196 g/mol. The van der Waals surface area contributed by atoms with Gasteiger partial charge in [0.15, 0.2) is 0 Å². The third-order valence-electron chi connectivity index (χ3n) is 2.03. The number of rotatable bonds is 4.